The first-order valence-corrected chi connectivity index (χ1v) is 9.32. The molecule has 0 spiro atoms. The van der Waals surface area contributed by atoms with Crippen molar-refractivity contribution in [2.45, 2.75) is 11.3 Å². The fourth-order valence-corrected chi connectivity index (χ4v) is 3.39. The van der Waals surface area contributed by atoms with E-state index in [1.54, 1.807) is 7.11 Å². The van der Waals surface area contributed by atoms with Crippen LogP contribution < -0.4 is 20.7 Å². The number of hydrogen-bond acceptors (Lipinski definition) is 8. The van der Waals surface area contributed by atoms with Crippen molar-refractivity contribution in [2.75, 3.05) is 31.3 Å². The Morgan fingerprint density at radius 1 is 1.20 bits per heavy atom. The van der Waals surface area contributed by atoms with Crippen LogP contribution in [0.2, 0.25) is 0 Å². The lowest BCUT2D eigenvalue weighted by Gasteiger charge is -2.07. The molecular formula is C15H19N5O3S2. The topological polar surface area (TPSA) is 105 Å². The summed E-state index contributed by atoms with van der Waals surface area (Å²) in [6.07, 6.45) is 0. The van der Waals surface area contributed by atoms with Gasteiger partial charge in [0, 0.05) is 6.54 Å². The number of carbonyl (C=O) groups excluding carboxylic acids is 2. The minimum atomic E-state index is -0.231. The van der Waals surface area contributed by atoms with E-state index in [1.807, 2.05) is 31.2 Å². The molecule has 134 valence electrons. The third-order valence-corrected chi connectivity index (χ3v) is 4.87. The van der Waals surface area contributed by atoms with Crippen LogP contribution in [-0.2, 0) is 9.59 Å². The monoisotopic (exact) mass is 381 g/mol. The molecule has 2 aromatic rings. The Hall–Kier alpha value is -2.33. The minimum absolute atomic E-state index is 0.0238. The molecule has 1 heterocycles. The number of para-hydroxylation sites is 2. The molecule has 3 N–H and O–H groups in total. The predicted octanol–water partition coefficient (Wildman–Crippen LogP) is 1.63. The molecule has 0 atom stereocenters. The number of ether oxygens (including phenoxy) is 1. The number of amides is 2. The lowest BCUT2D eigenvalue weighted by atomic mass is 10.3. The zero-order valence-corrected chi connectivity index (χ0v) is 15.5. The van der Waals surface area contributed by atoms with Crippen LogP contribution in [0.1, 0.15) is 6.92 Å². The van der Waals surface area contributed by atoms with Crippen molar-refractivity contribution in [3.8, 4) is 5.75 Å². The van der Waals surface area contributed by atoms with Crippen LogP contribution >= 0.6 is 23.1 Å². The van der Waals surface area contributed by atoms with Crippen LogP contribution in [0.4, 0.5) is 10.8 Å². The summed E-state index contributed by atoms with van der Waals surface area (Å²) in [4.78, 5) is 23.0. The second kappa shape index (κ2) is 9.84. The van der Waals surface area contributed by atoms with Gasteiger partial charge in [-0.2, -0.15) is 0 Å². The van der Waals surface area contributed by atoms with Crippen LogP contribution in [0.3, 0.4) is 0 Å². The van der Waals surface area contributed by atoms with Gasteiger partial charge in [-0.25, -0.2) is 0 Å². The van der Waals surface area contributed by atoms with Gasteiger partial charge in [-0.15, -0.1) is 10.2 Å². The van der Waals surface area contributed by atoms with E-state index in [9.17, 15) is 9.59 Å². The summed E-state index contributed by atoms with van der Waals surface area (Å²) in [6, 6.07) is 7.49. The summed E-state index contributed by atoms with van der Waals surface area (Å²) >= 11 is 2.60. The Morgan fingerprint density at radius 2 is 2.00 bits per heavy atom. The molecule has 2 amide bonds. The largest absolute Gasteiger partial charge is 0.495 e. The van der Waals surface area contributed by atoms with Crippen LogP contribution in [0.5, 0.6) is 5.75 Å². The van der Waals surface area contributed by atoms with E-state index in [-0.39, 0.29) is 24.1 Å². The Balaban J connectivity index is 1.81. The van der Waals surface area contributed by atoms with Crippen LogP contribution in [0.15, 0.2) is 28.6 Å². The molecule has 0 saturated carbocycles. The highest BCUT2D eigenvalue weighted by molar-refractivity contribution is 8.01. The van der Waals surface area contributed by atoms with Crippen molar-refractivity contribution in [2.24, 2.45) is 0 Å². The number of benzene rings is 1. The van der Waals surface area contributed by atoms with Gasteiger partial charge in [0.15, 0.2) is 4.34 Å². The zero-order valence-electron chi connectivity index (χ0n) is 13.9. The third kappa shape index (κ3) is 6.24. The van der Waals surface area contributed by atoms with Crippen molar-refractivity contribution in [3.63, 3.8) is 0 Å². The standard InChI is InChI=1S/C15H19N5O3S2/c1-3-16-12(21)8-17-13(22)9-24-15-20-19-14(25-15)18-10-6-4-5-7-11(10)23-2/h4-7H,3,8-9H2,1-2H3,(H,16,21)(H,17,22)(H,18,19). The molecule has 0 radical (unpaired) electrons. The fourth-order valence-electron chi connectivity index (χ4n) is 1.80. The predicted molar refractivity (Wildman–Crippen MR) is 98.6 cm³/mol. The van der Waals surface area contributed by atoms with Crippen LogP contribution in [0, 0.1) is 0 Å². The summed E-state index contributed by atoms with van der Waals surface area (Å²) in [5, 5.41) is 17.0. The summed E-state index contributed by atoms with van der Waals surface area (Å²) in [7, 11) is 1.60. The van der Waals surface area contributed by atoms with Gasteiger partial charge in [-0.05, 0) is 19.1 Å². The molecule has 0 fully saturated rings. The molecule has 0 aliphatic heterocycles. The van der Waals surface area contributed by atoms with Gasteiger partial charge in [0.05, 0.1) is 25.1 Å². The highest BCUT2D eigenvalue weighted by Gasteiger charge is 2.10. The average Bonchev–Trinajstić information content (AvgIpc) is 3.06. The maximum Gasteiger partial charge on any atom is 0.239 e. The molecule has 1 aromatic heterocycles. The van der Waals surface area contributed by atoms with Crippen molar-refractivity contribution < 1.29 is 14.3 Å². The Kier molecular flexibility index (Phi) is 7.48. The molecular weight excluding hydrogens is 362 g/mol. The molecule has 1 aromatic carbocycles. The van der Waals surface area contributed by atoms with Gasteiger partial charge in [0.1, 0.15) is 5.75 Å². The van der Waals surface area contributed by atoms with Crippen molar-refractivity contribution in [1.82, 2.24) is 20.8 Å². The van der Waals surface area contributed by atoms with Gasteiger partial charge in [-0.3, -0.25) is 9.59 Å². The van der Waals surface area contributed by atoms with E-state index in [0.717, 1.165) is 5.69 Å². The summed E-state index contributed by atoms with van der Waals surface area (Å²) in [5.41, 5.74) is 0.789. The van der Waals surface area contributed by atoms with E-state index < -0.39 is 0 Å². The molecule has 0 aliphatic rings. The minimum Gasteiger partial charge on any atom is -0.495 e. The number of hydrogen-bond donors (Lipinski definition) is 3. The van der Waals surface area contributed by atoms with Crippen LogP contribution in [-0.4, -0.2) is 48.0 Å². The van der Waals surface area contributed by atoms with Crippen molar-refractivity contribution in [3.05, 3.63) is 24.3 Å². The molecule has 0 bridgehead atoms. The molecule has 10 heteroatoms. The lowest BCUT2D eigenvalue weighted by Crippen LogP contribution is -2.37. The van der Waals surface area contributed by atoms with E-state index >= 15 is 0 Å². The molecule has 25 heavy (non-hydrogen) atoms. The van der Waals surface area contributed by atoms with E-state index in [4.69, 9.17) is 4.74 Å². The molecule has 0 unspecified atom stereocenters. The Labute approximate surface area is 153 Å². The summed E-state index contributed by atoms with van der Waals surface area (Å²) < 4.78 is 5.93. The summed E-state index contributed by atoms with van der Waals surface area (Å²) in [5.74, 6) is 0.435. The molecule has 2 rings (SSSR count). The zero-order chi connectivity index (χ0) is 18.1. The van der Waals surface area contributed by atoms with E-state index in [0.29, 0.717) is 21.8 Å². The maximum atomic E-state index is 11.7. The number of methoxy groups -OCH3 is 1. The Bertz CT molecular complexity index is 723. The number of carbonyl (C=O) groups is 2. The van der Waals surface area contributed by atoms with Gasteiger partial charge < -0.3 is 20.7 Å². The maximum absolute atomic E-state index is 11.7. The van der Waals surface area contributed by atoms with Gasteiger partial charge in [0.2, 0.25) is 16.9 Å². The number of likely N-dealkylation sites (N-methyl/N-ethyl adjacent to an activating group) is 1. The second-order valence-electron chi connectivity index (χ2n) is 4.72. The smallest absolute Gasteiger partial charge is 0.239 e. The highest BCUT2D eigenvalue weighted by Crippen LogP contribution is 2.31. The number of rotatable bonds is 9. The number of aromatic nitrogens is 2. The first kappa shape index (κ1) is 19.0. The number of nitrogens with one attached hydrogen (secondary N) is 3. The fraction of sp³-hybridized carbons (Fsp3) is 0.333. The lowest BCUT2D eigenvalue weighted by molar-refractivity contribution is -0.124. The Morgan fingerprint density at radius 3 is 2.76 bits per heavy atom. The van der Waals surface area contributed by atoms with Gasteiger partial charge >= 0.3 is 0 Å². The molecule has 8 nitrogen and oxygen atoms in total. The van der Waals surface area contributed by atoms with E-state index in [2.05, 4.69) is 26.1 Å². The first-order chi connectivity index (χ1) is 12.1. The molecule has 0 aliphatic carbocycles. The van der Waals surface area contributed by atoms with Crippen molar-refractivity contribution in [1.29, 1.82) is 0 Å². The van der Waals surface area contributed by atoms with E-state index in [1.165, 1.54) is 23.1 Å². The number of thioether (sulfide) groups is 1. The first-order valence-electron chi connectivity index (χ1n) is 7.52. The quantitative estimate of drug-likeness (QED) is 0.567. The van der Waals surface area contributed by atoms with Gasteiger partial charge in [0.25, 0.3) is 0 Å². The number of nitrogens with zero attached hydrogens (tertiary/aromatic N) is 2. The molecule has 0 saturated heterocycles. The normalized spacial score (nSPS) is 10.2. The SMILES string of the molecule is CCNC(=O)CNC(=O)CSc1nnc(Nc2ccccc2OC)s1. The average molecular weight is 381 g/mol. The number of anilines is 2. The van der Waals surface area contributed by atoms with Crippen molar-refractivity contribution >= 4 is 45.7 Å². The van der Waals surface area contributed by atoms with Crippen LogP contribution in [0.25, 0.3) is 0 Å². The van der Waals surface area contributed by atoms with Gasteiger partial charge in [-0.1, -0.05) is 35.2 Å². The highest BCUT2D eigenvalue weighted by atomic mass is 32.2. The third-order valence-electron chi connectivity index (χ3n) is 2.90. The summed E-state index contributed by atoms with van der Waals surface area (Å²) in [6.45, 7) is 2.34. The second-order valence-corrected chi connectivity index (χ2v) is 6.92.